The first-order chi connectivity index (χ1) is 15.0. The number of ether oxygens (including phenoxy) is 2. The average molecular weight is 446 g/mol. The summed E-state index contributed by atoms with van der Waals surface area (Å²) < 4.78 is 13.7. The Bertz CT molecular complexity index is 1000. The normalized spacial score (nSPS) is 11.3. The van der Waals surface area contributed by atoms with Gasteiger partial charge >= 0.3 is 0 Å². The maximum Gasteiger partial charge on any atom is 0.280 e. The highest BCUT2D eigenvalue weighted by molar-refractivity contribution is 7.22. The number of amides is 1. The summed E-state index contributed by atoms with van der Waals surface area (Å²) >= 11 is 1.43. The Morgan fingerprint density at radius 2 is 1.77 bits per heavy atom. The number of likely N-dealkylation sites (N-methyl/N-ethyl adjacent to an activating group) is 1. The first kappa shape index (κ1) is 23.0. The van der Waals surface area contributed by atoms with Gasteiger partial charge in [0.2, 0.25) is 0 Å². The second-order valence-corrected chi connectivity index (χ2v) is 8.09. The van der Waals surface area contributed by atoms with Crippen LogP contribution in [0.2, 0.25) is 0 Å². The fraction of sp³-hybridized carbons (Fsp3) is 0.500. The summed E-state index contributed by atoms with van der Waals surface area (Å²) in [6.07, 6.45) is 0. The molecular weight excluding hydrogens is 414 g/mol. The van der Waals surface area contributed by atoms with Crippen LogP contribution in [0.15, 0.2) is 18.2 Å². The molecule has 8 nitrogen and oxygen atoms in total. The van der Waals surface area contributed by atoms with Gasteiger partial charge in [0.05, 0.1) is 14.2 Å². The Morgan fingerprint density at radius 1 is 1.10 bits per heavy atom. The Labute approximate surface area is 187 Å². The minimum Gasteiger partial charge on any atom is -0.495 e. The van der Waals surface area contributed by atoms with Crippen molar-refractivity contribution in [3.05, 3.63) is 29.6 Å². The number of benzene rings is 1. The van der Waals surface area contributed by atoms with Gasteiger partial charge in [0.1, 0.15) is 21.7 Å². The number of hydrogen-bond acceptors (Lipinski definition) is 7. The number of fused-ring (bicyclic) bond motifs is 1. The molecule has 1 aromatic carbocycles. The third-order valence-electron chi connectivity index (χ3n) is 5.41. The van der Waals surface area contributed by atoms with Crippen molar-refractivity contribution in [2.45, 2.75) is 34.2 Å². The van der Waals surface area contributed by atoms with Crippen LogP contribution in [0.3, 0.4) is 0 Å². The maximum atomic E-state index is 13.5. The van der Waals surface area contributed by atoms with Gasteiger partial charge < -0.3 is 14.4 Å². The highest BCUT2D eigenvalue weighted by Gasteiger charge is 2.26. The second-order valence-electron chi connectivity index (χ2n) is 7.11. The van der Waals surface area contributed by atoms with E-state index in [0.717, 1.165) is 30.0 Å². The van der Waals surface area contributed by atoms with Crippen molar-refractivity contribution < 1.29 is 14.3 Å². The van der Waals surface area contributed by atoms with Crippen molar-refractivity contribution in [3.63, 3.8) is 0 Å². The molecule has 0 saturated carbocycles. The molecule has 1 amide bonds. The van der Waals surface area contributed by atoms with Gasteiger partial charge in [0, 0.05) is 25.3 Å². The van der Waals surface area contributed by atoms with E-state index in [9.17, 15) is 4.79 Å². The van der Waals surface area contributed by atoms with E-state index in [0.29, 0.717) is 40.9 Å². The van der Waals surface area contributed by atoms with Crippen LogP contribution in [0.4, 0.5) is 5.13 Å². The topological polar surface area (TPSA) is 72.7 Å². The largest absolute Gasteiger partial charge is 0.495 e. The van der Waals surface area contributed by atoms with Gasteiger partial charge in [-0.3, -0.25) is 14.4 Å². The summed E-state index contributed by atoms with van der Waals surface area (Å²) in [6, 6.07) is 5.53. The third-order valence-corrected chi connectivity index (χ3v) is 6.50. The molecule has 3 rings (SSSR count). The lowest BCUT2D eigenvalue weighted by Gasteiger charge is -2.24. The molecule has 168 valence electrons. The number of aromatic nitrogens is 3. The van der Waals surface area contributed by atoms with Crippen molar-refractivity contribution in [1.29, 1.82) is 0 Å². The van der Waals surface area contributed by atoms with E-state index in [-0.39, 0.29) is 5.91 Å². The molecular formula is C22H31N5O3S. The van der Waals surface area contributed by atoms with Gasteiger partial charge in [-0.05, 0) is 45.1 Å². The monoisotopic (exact) mass is 445 g/mol. The van der Waals surface area contributed by atoms with E-state index in [1.54, 1.807) is 19.1 Å². The number of thiazole rings is 1. The van der Waals surface area contributed by atoms with Crippen molar-refractivity contribution >= 4 is 32.6 Å². The Hall–Kier alpha value is -2.65. The molecule has 0 bridgehead atoms. The van der Waals surface area contributed by atoms with Gasteiger partial charge in [-0.15, -0.1) is 0 Å². The molecule has 0 unspecified atom stereocenters. The van der Waals surface area contributed by atoms with Crippen molar-refractivity contribution in [3.8, 4) is 11.5 Å². The molecule has 0 aliphatic heterocycles. The average Bonchev–Trinajstić information content (AvgIpc) is 3.39. The van der Waals surface area contributed by atoms with Gasteiger partial charge in [-0.25, -0.2) is 4.98 Å². The molecule has 0 fully saturated rings. The molecule has 0 radical (unpaired) electrons. The molecule has 0 saturated heterocycles. The van der Waals surface area contributed by atoms with Gasteiger partial charge in [0.25, 0.3) is 5.91 Å². The summed E-state index contributed by atoms with van der Waals surface area (Å²) in [5.74, 6) is 1.21. The number of carbonyl (C=O) groups is 1. The predicted octanol–water partition coefficient (Wildman–Crippen LogP) is 3.83. The molecule has 0 aliphatic rings. The van der Waals surface area contributed by atoms with Crippen molar-refractivity contribution in [2.75, 3.05) is 45.3 Å². The first-order valence-electron chi connectivity index (χ1n) is 10.6. The minimum atomic E-state index is -0.153. The van der Waals surface area contributed by atoms with E-state index >= 15 is 0 Å². The van der Waals surface area contributed by atoms with Gasteiger partial charge in [0.15, 0.2) is 10.8 Å². The molecule has 31 heavy (non-hydrogen) atoms. The summed E-state index contributed by atoms with van der Waals surface area (Å²) in [5, 5.41) is 5.11. The van der Waals surface area contributed by atoms with E-state index in [2.05, 4.69) is 23.8 Å². The zero-order chi connectivity index (χ0) is 22.5. The van der Waals surface area contributed by atoms with E-state index in [1.807, 2.05) is 36.7 Å². The second kappa shape index (κ2) is 10.1. The highest BCUT2D eigenvalue weighted by atomic mass is 32.1. The quantitative estimate of drug-likeness (QED) is 0.472. The number of methoxy groups -OCH3 is 2. The maximum absolute atomic E-state index is 13.5. The summed E-state index contributed by atoms with van der Waals surface area (Å²) in [7, 11) is 3.24. The first-order valence-corrected chi connectivity index (χ1v) is 11.4. The SMILES string of the molecule is CCN(CC)CCN(C(=O)c1cc(C)n(CC)n1)c1nc2c(OC)ccc(OC)c2s1. The predicted molar refractivity (Wildman–Crippen MR) is 125 cm³/mol. The molecule has 2 aromatic heterocycles. The van der Waals surface area contributed by atoms with Crippen LogP contribution in [0.5, 0.6) is 11.5 Å². The van der Waals surface area contributed by atoms with Crippen LogP contribution in [0.25, 0.3) is 10.2 Å². The van der Waals surface area contributed by atoms with Crippen molar-refractivity contribution in [1.82, 2.24) is 19.7 Å². The van der Waals surface area contributed by atoms with Gasteiger partial charge in [-0.1, -0.05) is 25.2 Å². The van der Waals surface area contributed by atoms with Crippen LogP contribution in [-0.2, 0) is 6.54 Å². The van der Waals surface area contributed by atoms with Crippen LogP contribution >= 0.6 is 11.3 Å². The lowest BCUT2D eigenvalue weighted by atomic mass is 10.3. The molecule has 2 heterocycles. The Morgan fingerprint density at radius 3 is 2.35 bits per heavy atom. The van der Waals surface area contributed by atoms with Crippen LogP contribution in [0.1, 0.15) is 37.0 Å². The van der Waals surface area contributed by atoms with Crippen LogP contribution in [-0.4, -0.2) is 66.0 Å². The molecule has 0 aliphatic carbocycles. The molecule has 0 N–H and O–H groups in total. The third kappa shape index (κ3) is 4.67. The zero-order valence-corrected chi connectivity index (χ0v) is 20.0. The molecule has 0 spiro atoms. The van der Waals surface area contributed by atoms with E-state index < -0.39 is 0 Å². The van der Waals surface area contributed by atoms with E-state index in [4.69, 9.17) is 14.5 Å². The smallest absolute Gasteiger partial charge is 0.280 e. The Balaban J connectivity index is 2.05. The number of nitrogens with zero attached hydrogens (tertiary/aromatic N) is 5. The molecule has 3 aromatic rings. The van der Waals surface area contributed by atoms with E-state index in [1.165, 1.54) is 11.3 Å². The standard InChI is InChI=1S/C22H31N5O3S/c1-7-25(8-2)12-13-26(21(28)16-14-15(4)27(9-3)24-16)22-23-19-17(29-5)10-11-18(30-6)20(19)31-22/h10-11,14H,7-9,12-13H2,1-6H3. The molecule has 0 atom stereocenters. The number of hydrogen-bond donors (Lipinski definition) is 0. The highest BCUT2D eigenvalue weighted by Crippen LogP contribution is 2.40. The number of aryl methyl sites for hydroxylation is 2. The lowest BCUT2D eigenvalue weighted by Crippen LogP contribution is -2.39. The summed E-state index contributed by atoms with van der Waals surface area (Å²) in [4.78, 5) is 22.3. The fourth-order valence-electron chi connectivity index (χ4n) is 3.53. The minimum absolute atomic E-state index is 0.153. The van der Waals surface area contributed by atoms with Gasteiger partial charge in [-0.2, -0.15) is 5.10 Å². The summed E-state index contributed by atoms with van der Waals surface area (Å²) in [5.41, 5.74) is 2.08. The lowest BCUT2D eigenvalue weighted by molar-refractivity contribution is 0.0978. The number of carbonyl (C=O) groups excluding carboxylic acids is 1. The Kier molecular flexibility index (Phi) is 7.50. The van der Waals surface area contributed by atoms with Crippen molar-refractivity contribution in [2.24, 2.45) is 0 Å². The zero-order valence-electron chi connectivity index (χ0n) is 19.1. The van der Waals surface area contributed by atoms with Crippen LogP contribution in [0, 0.1) is 6.92 Å². The summed E-state index contributed by atoms with van der Waals surface area (Å²) in [6.45, 7) is 12.0. The fourth-order valence-corrected chi connectivity index (χ4v) is 4.63. The molecule has 9 heteroatoms. The number of rotatable bonds is 10. The number of anilines is 1. The van der Waals surface area contributed by atoms with Crippen LogP contribution < -0.4 is 14.4 Å².